The largest absolute Gasteiger partial charge is 0.507 e. The van der Waals surface area contributed by atoms with Crippen molar-refractivity contribution in [3.8, 4) is 5.75 Å². The molecule has 0 saturated carbocycles. The average Bonchev–Trinajstić information content (AvgIpc) is 2.59. The highest BCUT2D eigenvalue weighted by atomic mass is 16.3. The topological polar surface area (TPSA) is 37.3 Å². The highest BCUT2D eigenvalue weighted by Crippen LogP contribution is 2.19. The molecule has 0 heterocycles. The monoisotopic (exact) mass is 328 g/mol. The van der Waals surface area contributed by atoms with E-state index in [1.165, 1.54) is 44.9 Å². The summed E-state index contributed by atoms with van der Waals surface area (Å²) in [5.74, 6) is 0.0961. The van der Waals surface area contributed by atoms with Crippen LogP contribution in [-0.2, 0) is 6.42 Å². The van der Waals surface area contributed by atoms with Crippen LogP contribution in [0.1, 0.15) is 80.6 Å². The lowest BCUT2D eigenvalue weighted by Gasteiger charge is -2.04. The second kappa shape index (κ2) is 13.6. The fourth-order valence-electron chi connectivity index (χ4n) is 2.64. The Labute approximate surface area is 147 Å². The fraction of sp³-hybridized carbons (Fsp3) is 0.500. The van der Waals surface area contributed by atoms with E-state index in [0.29, 0.717) is 11.8 Å². The SMILES string of the molecule is CCC/C=C\C/C=C\CCCCCCCc1ccc(C=O)c(O)c1. The minimum absolute atomic E-state index is 0.0961. The van der Waals surface area contributed by atoms with E-state index in [2.05, 4.69) is 31.2 Å². The molecule has 1 aromatic carbocycles. The minimum Gasteiger partial charge on any atom is -0.507 e. The van der Waals surface area contributed by atoms with Crippen molar-refractivity contribution in [1.82, 2.24) is 0 Å². The number of carbonyl (C=O) groups is 1. The third kappa shape index (κ3) is 9.34. The van der Waals surface area contributed by atoms with Gasteiger partial charge in [-0.3, -0.25) is 4.79 Å². The molecule has 24 heavy (non-hydrogen) atoms. The maximum absolute atomic E-state index is 10.7. The van der Waals surface area contributed by atoms with Crippen LogP contribution in [0.5, 0.6) is 5.75 Å². The van der Waals surface area contributed by atoms with Gasteiger partial charge in [-0.15, -0.1) is 0 Å². The molecule has 0 aliphatic heterocycles. The molecule has 0 aliphatic carbocycles. The second-order valence-corrected chi connectivity index (χ2v) is 6.28. The van der Waals surface area contributed by atoms with Crippen LogP contribution < -0.4 is 0 Å². The van der Waals surface area contributed by atoms with Gasteiger partial charge in [-0.1, -0.05) is 63.0 Å². The van der Waals surface area contributed by atoms with Crippen LogP contribution in [0.25, 0.3) is 0 Å². The van der Waals surface area contributed by atoms with Crippen LogP contribution in [0, 0.1) is 0 Å². The molecular weight excluding hydrogens is 296 g/mol. The number of aromatic hydroxyl groups is 1. The molecule has 1 rings (SSSR count). The van der Waals surface area contributed by atoms with Crippen molar-refractivity contribution >= 4 is 6.29 Å². The summed E-state index contributed by atoms with van der Waals surface area (Å²) in [6.07, 6.45) is 21.6. The molecule has 0 bridgehead atoms. The molecule has 2 nitrogen and oxygen atoms in total. The van der Waals surface area contributed by atoms with Crippen LogP contribution in [0.3, 0.4) is 0 Å². The van der Waals surface area contributed by atoms with Gasteiger partial charge in [0.1, 0.15) is 5.75 Å². The van der Waals surface area contributed by atoms with Crippen LogP contribution in [0.15, 0.2) is 42.5 Å². The maximum atomic E-state index is 10.7. The summed E-state index contributed by atoms with van der Waals surface area (Å²) in [4.78, 5) is 10.7. The number of aldehydes is 1. The number of allylic oxidation sites excluding steroid dienone is 4. The highest BCUT2D eigenvalue weighted by molar-refractivity contribution is 5.79. The lowest BCUT2D eigenvalue weighted by atomic mass is 10.0. The normalized spacial score (nSPS) is 11.5. The number of benzene rings is 1. The van der Waals surface area contributed by atoms with Gasteiger partial charge in [-0.25, -0.2) is 0 Å². The molecule has 0 saturated heterocycles. The van der Waals surface area contributed by atoms with Gasteiger partial charge in [-0.2, -0.15) is 0 Å². The standard InChI is InChI=1S/C22H32O2/c1-2-3-4-5-6-7-8-9-10-11-12-13-14-15-20-16-17-21(19-23)22(24)18-20/h4-5,7-8,16-19,24H,2-3,6,9-15H2,1H3/b5-4-,8-7-. The zero-order valence-electron chi connectivity index (χ0n) is 15.0. The van der Waals surface area contributed by atoms with Crippen molar-refractivity contribution in [2.75, 3.05) is 0 Å². The van der Waals surface area contributed by atoms with E-state index < -0.39 is 0 Å². The van der Waals surface area contributed by atoms with Crippen molar-refractivity contribution in [3.05, 3.63) is 53.6 Å². The van der Waals surface area contributed by atoms with E-state index in [0.717, 1.165) is 24.8 Å². The summed E-state index contributed by atoms with van der Waals surface area (Å²) in [5, 5.41) is 9.65. The Kier molecular flexibility index (Phi) is 11.5. The molecule has 0 amide bonds. The maximum Gasteiger partial charge on any atom is 0.153 e. The molecule has 1 aromatic rings. The molecule has 0 fully saturated rings. The summed E-state index contributed by atoms with van der Waals surface area (Å²) in [5.41, 5.74) is 1.48. The smallest absolute Gasteiger partial charge is 0.153 e. The van der Waals surface area contributed by atoms with Crippen LogP contribution in [0.2, 0.25) is 0 Å². The Bertz CT molecular complexity index is 515. The Morgan fingerprint density at radius 1 is 0.917 bits per heavy atom. The van der Waals surface area contributed by atoms with Crippen molar-refractivity contribution in [1.29, 1.82) is 0 Å². The number of phenols is 1. The highest BCUT2D eigenvalue weighted by Gasteiger charge is 2.01. The zero-order valence-corrected chi connectivity index (χ0v) is 15.0. The van der Waals surface area contributed by atoms with Gasteiger partial charge in [0.15, 0.2) is 6.29 Å². The Morgan fingerprint density at radius 2 is 1.62 bits per heavy atom. The van der Waals surface area contributed by atoms with Crippen molar-refractivity contribution in [2.24, 2.45) is 0 Å². The Morgan fingerprint density at radius 3 is 2.33 bits per heavy atom. The van der Waals surface area contributed by atoms with E-state index in [4.69, 9.17) is 0 Å². The van der Waals surface area contributed by atoms with Crippen molar-refractivity contribution in [3.63, 3.8) is 0 Å². The summed E-state index contributed by atoms with van der Waals surface area (Å²) in [6, 6.07) is 5.34. The fourth-order valence-corrected chi connectivity index (χ4v) is 2.64. The summed E-state index contributed by atoms with van der Waals surface area (Å²) in [7, 11) is 0. The number of phenolic OH excluding ortho intramolecular Hbond substituents is 1. The second-order valence-electron chi connectivity index (χ2n) is 6.28. The van der Waals surface area contributed by atoms with E-state index in [1.807, 2.05) is 6.07 Å². The quantitative estimate of drug-likeness (QED) is 0.259. The average molecular weight is 328 g/mol. The van der Waals surface area contributed by atoms with Gasteiger partial charge in [0.25, 0.3) is 0 Å². The van der Waals surface area contributed by atoms with Gasteiger partial charge in [-0.05, 0) is 56.2 Å². The number of hydrogen-bond donors (Lipinski definition) is 1. The number of unbranched alkanes of at least 4 members (excludes halogenated alkanes) is 6. The minimum atomic E-state index is 0.0961. The van der Waals surface area contributed by atoms with Gasteiger partial charge in [0.2, 0.25) is 0 Å². The molecule has 0 radical (unpaired) electrons. The van der Waals surface area contributed by atoms with E-state index in [9.17, 15) is 9.90 Å². The molecule has 0 aliphatic rings. The lowest BCUT2D eigenvalue weighted by molar-refractivity contribution is 0.112. The van der Waals surface area contributed by atoms with Gasteiger partial charge in [0, 0.05) is 0 Å². The molecule has 2 heteroatoms. The van der Waals surface area contributed by atoms with E-state index >= 15 is 0 Å². The van der Waals surface area contributed by atoms with Crippen LogP contribution in [0.4, 0.5) is 0 Å². The first-order valence-corrected chi connectivity index (χ1v) is 9.35. The van der Waals surface area contributed by atoms with Gasteiger partial charge >= 0.3 is 0 Å². The molecule has 132 valence electrons. The molecule has 0 aromatic heterocycles. The van der Waals surface area contributed by atoms with Crippen molar-refractivity contribution < 1.29 is 9.90 Å². The summed E-state index contributed by atoms with van der Waals surface area (Å²) in [6.45, 7) is 2.20. The van der Waals surface area contributed by atoms with Crippen molar-refractivity contribution in [2.45, 2.75) is 71.1 Å². The lowest BCUT2D eigenvalue weighted by Crippen LogP contribution is -1.89. The van der Waals surface area contributed by atoms with Crippen LogP contribution >= 0.6 is 0 Å². The predicted octanol–water partition coefficient (Wildman–Crippen LogP) is 6.39. The molecule has 1 N–H and O–H groups in total. The summed E-state index contributed by atoms with van der Waals surface area (Å²) >= 11 is 0. The van der Waals surface area contributed by atoms with Gasteiger partial charge in [0.05, 0.1) is 5.56 Å². The Hall–Kier alpha value is -1.83. The first kappa shape index (κ1) is 20.2. The zero-order chi connectivity index (χ0) is 17.5. The Balaban J connectivity index is 2.00. The predicted molar refractivity (Wildman–Crippen MR) is 103 cm³/mol. The molecule has 0 spiro atoms. The number of hydrogen-bond acceptors (Lipinski definition) is 2. The third-order valence-electron chi connectivity index (χ3n) is 4.12. The number of rotatable bonds is 13. The number of carbonyl (C=O) groups excluding carboxylic acids is 1. The molecule has 0 unspecified atom stereocenters. The van der Waals surface area contributed by atoms with Gasteiger partial charge < -0.3 is 5.11 Å². The first-order chi connectivity index (χ1) is 11.8. The summed E-state index contributed by atoms with van der Waals surface area (Å²) < 4.78 is 0. The molecular formula is C22H32O2. The number of aryl methyl sites for hydroxylation is 1. The molecule has 0 atom stereocenters. The third-order valence-corrected chi connectivity index (χ3v) is 4.12. The van der Waals surface area contributed by atoms with E-state index in [1.54, 1.807) is 12.1 Å². The van der Waals surface area contributed by atoms with Crippen LogP contribution in [-0.4, -0.2) is 11.4 Å². The first-order valence-electron chi connectivity index (χ1n) is 9.35. The van der Waals surface area contributed by atoms with E-state index in [-0.39, 0.29) is 5.75 Å².